The van der Waals surface area contributed by atoms with E-state index in [-0.39, 0.29) is 18.0 Å². The monoisotopic (exact) mass is 432 g/mol. The van der Waals surface area contributed by atoms with E-state index in [9.17, 15) is 14.4 Å². The fourth-order valence-corrected chi connectivity index (χ4v) is 2.88. The highest BCUT2D eigenvalue weighted by atomic mass is 16.5. The zero-order chi connectivity index (χ0) is 23.1. The maximum atomic E-state index is 12.3. The molecule has 0 aliphatic rings. The van der Waals surface area contributed by atoms with Gasteiger partial charge in [0.2, 0.25) is 11.8 Å². The Morgan fingerprint density at radius 1 is 0.844 bits per heavy atom. The van der Waals surface area contributed by atoms with Crippen LogP contribution < -0.4 is 20.7 Å². The number of ether oxygens (including phenoxy) is 1. The summed E-state index contributed by atoms with van der Waals surface area (Å²) in [6.07, 6.45) is 1.15. The maximum absolute atomic E-state index is 12.3. The number of nitrogens with one attached hydrogen (secondary N) is 3. The molecule has 0 fully saturated rings. The van der Waals surface area contributed by atoms with Crippen molar-refractivity contribution >= 4 is 29.1 Å². The van der Waals surface area contributed by atoms with E-state index in [1.165, 1.54) is 19.3 Å². The first-order valence-corrected chi connectivity index (χ1v) is 9.97. The van der Waals surface area contributed by atoms with Crippen molar-refractivity contribution in [1.29, 1.82) is 0 Å². The second kappa shape index (κ2) is 10.2. The van der Waals surface area contributed by atoms with Gasteiger partial charge in [0.25, 0.3) is 5.91 Å². The molecule has 3 amide bonds. The standard InChI is InChI=1S/C24H24N4O4/c1-15-7-8-18(11-16(15)2)28-23(30)14-22(29)27-17-5-4-6-19(12-17)32-20-9-10-26-21(13-20)24(31)25-3/h4-13H,14H2,1-3H3,(H,25,31)(H,27,29)(H,28,30). The van der Waals surface area contributed by atoms with Crippen LogP contribution in [0.2, 0.25) is 0 Å². The maximum Gasteiger partial charge on any atom is 0.269 e. The van der Waals surface area contributed by atoms with Crippen molar-refractivity contribution in [2.24, 2.45) is 0 Å². The molecule has 0 radical (unpaired) electrons. The van der Waals surface area contributed by atoms with Crippen LogP contribution in [0.5, 0.6) is 11.5 Å². The lowest BCUT2D eigenvalue weighted by atomic mass is 10.1. The summed E-state index contributed by atoms with van der Waals surface area (Å²) < 4.78 is 5.77. The number of aromatic nitrogens is 1. The summed E-state index contributed by atoms with van der Waals surface area (Å²) in [6.45, 7) is 3.94. The highest BCUT2D eigenvalue weighted by Gasteiger charge is 2.12. The minimum Gasteiger partial charge on any atom is -0.457 e. The van der Waals surface area contributed by atoms with Gasteiger partial charge in [0, 0.05) is 36.8 Å². The SMILES string of the molecule is CNC(=O)c1cc(Oc2cccc(NC(=O)CC(=O)Nc3ccc(C)c(C)c3)c2)ccn1. The number of hydrogen-bond acceptors (Lipinski definition) is 5. The van der Waals surface area contributed by atoms with Crippen molar-refractivity contribution in [1.82, 2.24) is 10.3 Å². The van der Waals surface area contributed by atoms with E-state index in [1.54, 1.807) is 36.4 Å². The first-order chi connectivity index (χ1) is 15.3. The quantitative estimate of drug-likeness (QED) is 0.492. The largest absolute Gasteiger partial charge is 0.457 e. The van der Waals surface area contributed by atoms with Crippen LogP contribution in [-0.4, -0.2) is 29.8 Å². The second-order valence-electron chi connectivity index (χ2n) is 7.16. The number of nitrogens with zero attached hydrogens (tertiary/aromatic N) is 1. The first kappa shape index (κ1) is 22.5. The third-order valence-electron chi connectivity index (χ3n) is 4.66. The Labute approximate surface area is 186 Å². The van der Waals surface area contributed by atoms with Crippen LogP contribution in [0.4, 0.5) is 11.4 Å². The molecule has 0 atom stereocenters. The molecule has 0 unspecified atom stereocenters. The van der Waals surface area contributed by atoms with Gasteiger partial charge in [0.05, 0.1) is 0 Å². The fourth-order valence-electron chi connectivity index (χ4n) is 2.88. The number of pyridine rings is 1. The third-order valence-corrected chi connectivity index (χ3v) is 4.66. The Morgan fingerprint density at radius 3 is 2.22 bits per heavy atom. The molecular weight excluding hydrogens is 408 g/mol. The number of carbonyl (C=O) groups excluding carboxylic acids is 3. The minimum absolute atomic E-state index is 0.226. The van der Waals surface area contributed by atoms with Gasteiger partial charge >= 0.3 is 0 Å². The molecule has 0 bridgehead atoms. The van der Waals surface area contributed by atoms with Crippen LogP contribution in [-0.2, 0) is 9.59 Å². The summed E-state index contributed by atoms with van der Waals surface area (Å²) in [5.74, 6) is -0.298. The molecular formula is C24H24N4O4. The number of benzene rings is 2. The molecule has 2 aromatic carbocycles. The molecule has 0 aliphatic heterocycles. The van der Waals surface area contributed by atoms with Gasteiger partial charge in [-0.15, -0.1) is 0 Å². The van der Waals surface area contributed by atoms with Crippen molar-refractivity contribution in [3.05, 3.63) is 77.6 Å². The average Bonchev–Trinajstić information content (AvgIpc) is 2.76. The van der Waals surface area contributed by atoms with E-state index in [2.05, 4.69) is 20.9 Å². The number of carbonyl (C=O) groups is 3. The van der Waals surface area contributed by atoms with E-state index in [4.69, 9.17) is 4.74 Å². The van der Waals surface area contributed by atoms with E-state index < -0.39 is 11.8 Å². The van der Waals surface area contributed by atoms with Crippen molar-refractivity contribution in [2.75, 3.05) is 17.7 Å². The summed E-state index contributed by atoms with van der Waals surface area (Å²) in [5, 5.41) is 7.92. The van der Waals surface area contributed by atoms with Gasteiger partial charge in [-0.3, -0.25) is 19.4 Å². The van der Waals surface area contributed by atoms with Crippen LogP contribution in [0, 0.1) is 13.8 Å². The summed E-state index contributed by atoms with van der Waals surface area (Å²) in [5.41, 5.74) is 3.53. The highest BCUT2D eigenvalue weighted by molar-refractivity contribution is 6.08. The molecule has 0 aliphatic carbocycles. The Morgan fingerprint density at radius 2 is 1.53 bits per heavy atom. The average molecular weight is 432 g/mol. The minimum atomic E-state index is -0.450. The predicted octanol–water partition coefficient (Wildman–Crippen LogP) is 3.82. The number of amides is 3. The van der Waals surface area contributed by atoms with Gasteiger partial charge in [-0.05, 0) is 55.3 Å². The van der Waals surface area contributed by atoms with E-state index in [0.717, 1.165) is 11.1 Å². The Kier molecular flexibility index (Phi) is 7.17. The lowest BCUT2D eigenvalue weighted by Crippen LogP contribution is -2.21. The topological polar surface area (TPSA) is 109 Å². The van der Waals surface area contributed by atoms with Gasteiger partial charge in [-0.25, -0.2) is 0 Å². The predicted molar refractivity (Wildman–Crippen MR) is 122 cm³/mol. The van der Waals surface area contributed by atoms with Gasteiger partial charge in [0.1, 0.15) is 23.6 Å². The molecule has 32 heavy (non-hydrogen) atoms. The molecule has 3 rings (SSSR count). The lowest BCUT2D eigenvalue weighted by Gasteiger charge is -2.10. The van der Waals surface area contributed by atoms with Crippen LogP contribution in [0.3, 0.4) is 0 Å². The van der Waals surface area contributed by atoms with Gasteiger partial charge in [0.15, 0.2) is 0 Å². The Balaban J connectivity index is 1.59. The molecule has 1 heterocycles. The number of hydrogen-bond donors (Lipinski definition) is 3. The van der Waals surface area contributed by atoms with Crippen molar-refractivity contribution in [3.63, 3.8) is 0 Å². The third kappa shape index (κ3) is 6.15. The molecule has 0 saturated heterocycles. The van der Waals surface area contributed by atoms with Gasteiger partial charge in [-0.2, -0.15) is 0 Å². The number of rotatable bonds is 7. The number of aryl methyl sites for hydroxylation is 2. The lowest BCUT2D eigenvalue weighted by molar-refractivity contribution is -0.123. The van der Waals surface area contributed by atoms with E-state index in [0.29, 0.717) is 22.9 Å². The molecule has 1 aromatic heterocycles. The summed E-state index contributed by atoms with van der Waals surface area (Å²) in [6, 6.07) is 15.4. The molecule has 8 nitrogen and oxygen atoms in total. The van der Waals surface area contributed by atoms with Crippen LogP contribution in [0.1, 0.15) is 28.0 Å². The Hall–Kier alpha value is -4.20. The molecule has 0 spiro atoms. The Bertz CT molecular complexity index is 1160. The summed E-state index contributed by atoms with van der Waals surface area (Å²) >= 11 is 0. The van der Waals surface area contributed by atoms with Crippen molar-refractivity contribution in [3.8, 4) is 11.5 Å². The molecule has 0 saturated carbocycles. The molecule has 3 N–H and O–H groups in total. The normalized spacial score (nSPS) is 10.2. The smallest absolute Gasteiger partial charge is 0.269 e. The number of anilines is 2. The van der Waals surface area contributed by atoms with Crippen LogP contribution in [0.15, 0.2) is 60.8 Å². The first-order valence-electron chi connectivity index (χ1n) is 9.97. The van der Waals surface area contributed by atoms with Crippen LogP contribution in [0.25, 0.3) is 0 Å². The zero-order valence-electron chi connectivity index (χ0n) is 18.1. The van der Waals surface area contributed by atoms with Crippen molar-refractivity contribution in [2.45, 2.75) is 20.3 Å². The zero-order valence-corrected chi connectivity index (χ0v) is 18.1. The summed E-state index contributed by atoms with van der Waals surface area (Å²) in [4.78, 5) is 40.2. The molecule has 8 heteroatoms. The molecule has 3 aromatic rings. The van der Waals surface area contributed by atoms with E-state index >= 15 is 0 Å². The highest BCUT2D eigenvalue weighted by Crippen LogP contribution is 2.24. The summed E-state index contributed by atoms with van der Waals surface area (Å²) in [7, 11) is 1.52. The van der Waals surface area contributed by atoms with Crippen LogP contribution >= 0.6 is 0 Å². The molecule has 164 valence electrons. The van der Waals surface area contributed by atoms with Gasteiger partial charge in [-0.1, -0.05) is 12.1 Å². The second-order valence-corrected chi connectivity index (χ2v) is 7.16. The van der Waals surface area contributed by atoms with E-state index in [1.807, 2.05) is 26.0 Å². The van der Waals surface area contributed by atoms with Crippen molar-refractivity contribution < 1.29 is 19.1 Å². The van der Waals surface area contributed by atoms with Gasteiger partial charge < -0.3 is 20.7 Å². The fraction of sp³-hybridized carbons (Fsp3) is 0.167.